The van der Waals surface area contributed by atoms with Gasteiger partial charge in [-0.15, -0.1) is 0 Å². The zero-order chi connectivity index (χ0) is 12.1. The third-order valence-electron chi connectivity index (χ3n) is 2.52. The molecule has 1 rings (SSSR count). The summed E-state index contributed by atoms with van der Waals surface area (Å²) in [4.78, 5) is 15.6. The summed E-state index contributed by atoms with van der Waals surface area (Å²) in [6.07, 6.45) is 2.94. The van der Waals surface area contributed by atoms with Crippen LogP contribution in [0.1, 0.15) is 24.2 Å². The van der Waals surface area contributed by atoms with Gasteiger partial charge in [-0.3, -0.25) is 9.78 Å². The Labute approximate surface area is 99.6 Å². The maximum atomic E-state index is 11.8. The van der Waals surface area contributed by atoms with Crippen molar-refractivity contribution < 1.29 is 9.90 Å². The molecule has 88 valence electrons. The largest absolute Gasteiger partial charge is 0.396 e. The van der Waals surface area contributed by atoms with Gasteiger partial charge in [-0.25, -0.2) is 0 Å². The quantitative estimate of drug-likeness (QED) is 0.841. The Bertz CT molecular complexity index is 371. The number of aliphatic hydroxyl groups is 1. The third-order valence-corrected chi connectivity index (χ3v) is 2.82. The highest BCUT2D eigenvalue weighted by atomic mass is 35.5. The Morgan fingerprint density at radius 1 is 1.62 bits per heavy atom. The van der Waals surface area contributed by atoms with Crippen LogP contribution in [0.2, 0.25) is 5.02 Å². The number of hydrogen-bond acceptors (Lipinski definition) is 3. The smallest absolute Gasteiger partial charge is 0.253 e. The standard InChI is InChI=1S/C11H15ClN2O2/c1-7(6-15)8(2)14-11(16)9-3-4-13-5-10(9)12/h3-5,7-8,15H,6H2,1-2H3,(H,14,16). The first kappa shape index (κ1) is 12.9. The Hall–Kier alpha value is -1.13. The van der Waals surface area contributed by atoms with Gasteiger partial charge >= 0.3 is 0 Å². The molecule has 2 atom stereocenters. The molecule has 0 bridgehead atoms. The summed E-state index contributed by atoms with van der Waals surface area (Å²) in [6.45, 7) is 3.73. The van der Waals surface area contributed by atoms with Gasteiger partial charge in [0.2, 0.25) is 0 Å². The fourth-order valence-electron chi connectivity index (χ4n) is 1.14. The van der Waals surface area contributed by atoms with Crippen LogP contribution < -0.4 is 5.32 Å². The van der Waals surface area contributed by atoms with Crippen molar-refractivity contribution in [3.63, 3.8) is 0 Å². The minimum absolute atomic E-state index is 0.00422. The number of aliphatic hydroxyl groups excluding tert-OH is 1. The number of halogens is 1. The summed E-state index contributed by atoms with van der Waals surface area (Å²) in [5.41, 5.74) is 0.397. The number of nitrogens with zero attached hydrogens (tertiary/aromatic N) is 1. The second kappa shape index (κ2) is 5.82. The molecule has 0 aliphatic carbocycles. The number of carbonyl (C=O) groups is 1. The highest BCUT2D eigenvalue weighted by Crippen LogP contribution is 2.13. The van der Waals surface area contributed by atoms with E-state index in [2.05, 4.69) is 10.3 Å². The minimum atomic E-state index is -0.250. The summed E-state index contributed by atoms with van der Waals surface area (Å²) in [5, 5.41) is 12.1. The molecule has 0 aromatic carbocycles. The number of aromatic nitrogens is 1. The van der Waals surface area contributed by atoms with Crippen LogP contribution in [0.5, 0.6) is 0 Å². The second-order valence-corrected chi connectivity index (χ2v) is 4.18. The number of amides is 1. The van der Waals surface area contributed by atoms with Crippen molar-refractivity contribution in [2.45, 2.75) is 19.9 Å². The molecule has 1 aromatic heterocycles. The third kappa shape index (κ3) is 3.18. The van der Waals surface area contributed by atoms with Crippen molar-refractivity contribution in [1.82, 2.24) is 10.3 Å². The Morgan fingerprint density at radius 3 is 2.88 bits per heavy atom. The van der Waals surface area contributed by atoms with E-state index in [1.165, 1.54) is 12.4 Å². The molecule has 2 N–H and O–H groups in total. The van der Waals surface area contributed by atoms with Crippen molar-refractivity contribution in [2.24, 2.45) is 5.92 Å². The summed E-state index contributed by atoms with van der Waals surface area (Å²) in [7, 11) is 0. The highest BCUT2D eigenvalue weighted by molar-refractivity contribution is 6.33. The van der Waals surface area contributed by atoms with E-state index in [1.807, 2.05) is 13.8 Å². The molecule has 0 fully saturated rings. The molecule has 4 nitrogen and oxygen atoms in total. The normalized spacial score (nSPS) is 14.2. The van der Waals surface area contributed by atoms with Gasteiger partial charge in [0.1, 0.15) is 0 Å². The molecule has 2 unspecified atom stereocenters. The number of pyridine rings is 1. The lowest BCUT2D eigenvalue weighted by molar-refractivity contribution is 0.0916. The molecule has 0 radical (unpaired) electrons. The average Bonchev–Trinajstić information content (AvgIpc) is 2.28. The molecule has 1 aromatic rings. The van der Waals surface area contributed by atoms with Crippen LogP contribution in [0.15, 0.2) is 18.5 Å². The molecule has 0 aliphatic rings. The fraction of sp³-hybridized carbons (Fsp3) is 0.455. The van der Waals surface area contributed by atoms with Crippen LogP contribution in [-0.2, 0) is 0 Å². The van der Waals surface area contributed by atoms with Crippen LogP contribution in [0, 0.1) is 5.92 Å². The zero-order valence-electron chi connectivity index (χ0n) is 9.27. The lowest BCUT2D eigenvalue weighted by Gasteiger charge is -2.19. The van der Waals surface area contributed by atoms with E-state index in [-0.39, 0.29) is 24.5 Å². The second-order valence-electron chi connectivity index (χ2n) is 3.78. The van der Waals surface area contributed by atoms with Crippen molar-refractivity contribution >= 4 is 17.5 Å². The molecule has 1 amide bonds. The molecule has 16 heavy (non-hydrogen) atoms. The van der Waals surface area contributed by atoms with Crippen LogP contribution in [0.4, 0.5) is 0 Å². The number of nitrogens with one attached hydrogen (secondary N) is 1. The van der Waals surface area contributed by atoms with E-state index in [0.29, 0.717) is 10.6 Å². The van der Waals surface area contributed by atoms with Crippen molar-refractivity contribution in [1.29, 1.82) is 0 Å². The van der Waals surface area contributed by atoms with Gasteiger partial charge in [-0.1, -0.05) is 18.5 Å². The molecular formula is C11H15ClN2O2. The van der Waals surface area contributed by atoms with E-state index in [1.54, 1.807) is 6.07 Å². The van der Waals surface area contributed by atoms with Gasteiger partial charge in [0.15, 0.2) is 0 Å². The molecule has 0 spiro atoms. The van der Waals surface area contributed by atoms with Crippen LogP contribution in [0.3, 0.4) is 0 Å². The average molecular weight is 243 g/mol. The van der Waals surface area contributed by atoms with E-state index < -0.39 is 0 Å². The monoisotopic (exact) mass is 242 g/mol. The summed E-state index contributed by atoms with van der Waals surface area (Å²) in [5.74, 6) is -0.246. The van der Waals surface area contributed by atoms with E-state index >= 15 is 0 Å². The van der Waals surface area contributed by atoms with E-state index in [9.17, 15) is 4.79 Å². The maximum Gasteiger partial charge on any atom is 0.253 e. The van der Waals surface area contributed by atoms with Gasteiger partial charge in [-0.05, 0) is 18.9 Å². The van der Waals surface area contributed by atoms with Crippen LogP contribution in [0.25, 0.3) is 0 Å². The molecule has 1 heterocycles. The van der Waals surface area contributed by atoms with Gasteiger partial charge < -0.3 is 10.4 Å². The molecule has 5 heteroatoms. The predicted molar refractivity (Wildman–Crippen MR) is 62.4 cm³/mol. The molecule has 0 saturated heterocycles. The predicted octanol–water partition coefficient (Wildman–Crippen LogP) is 1.48. The number of carbonyl (C=O) groups excluding carboxylic acids is 1. The first-order valence-electron chi connectivity index (χ1n) is 5.07. The van der Waals surface area contributed by atoms with Crippen molar-refractivity contribution in [3.05, 3.63) is 29.0 Å². The van der Waals surface area contributed by atoms with Gasteiger partial charge in [0.05, 0.1) is 10.6 Å². The Balaban J connectivity index is 2.70. The zero-order valence-corrected chi connectivity index (χ0v) is 10.0. The van der Waals surface area contributed by atoms with Crippen LogP contribution >= 0.6 is 11.6 Å². The first-order valence-corrected chi connectivity index (χ1v) is 5.45. The number of rotatable bonds is 4. The molecular weight excluding hydrogens is 228 g/mol. The topological polar surface area (TPSA) is 62.2 Å². The SMILES string of the molecule is CC(CO)C(C)NC(=O)c1ccncc1Cl. The van der Waals surface area contributed by atoms with Crippen molar-refractivity contribution in [3.8, 4) is 0 Å². The Kier molecular flexibility index (Phi) is 4.71. The van der Waals surface area contributed by atoms with E-state index in [4.69, 9.17) is 16.7 Å². The summed E-state index contributed by atoms with van der Waals surface area (Å²) >= 11 is 5.84. The Morgan fingerprint density at radius 2 is 2.31 bits per heavy atom. The van der Waals surface area contributed by atoms with Gasteiger partial charge in [-0.2, -0.15) is 0 Å². The van der Waals surface area contributed by atoms with Crippen LogP contribution in [-0.4, -0.2) is 28.6 Å². The summed E-state index contributed by atoms with van der Waals surface area (Å²) < 4.78 is 0. The maximum absolute atomic E-state index is 11.8. The van der Waals surface area contributed by atoms with E-state index in [0.717, 1.165) is 0 Å². The van der Waals surface area contributed by atoms with Gasteiger partial charge in [0.25, 0.3) is 5.91 Å². The van der Waals surface area contributed by atoms with Gasteiger partial charge in [0, 0.05) is 25.0 Å². The summed E-state index contributed by atoms with van der Waals surface area (Å²) in [6, 6.07) is 1.45. The van der Waals surface area contributed by atoms with Crippen molar-refractivity contribution in [2.75, 3.05) is 6.61 Å². The molecule has 0 saturated carbocycles. The lowest BCUT2D eigenvalue weighted by Crippen LogP contribution is -2.38. The first-order chi connectivity index (χ1) is 7.56. The highest BCUT2D eigenvalue weighted by Gasteiger charge is 2.16. The number of hydrogen-bond donors (Lipinski definition) is 2. The fourth-order valence-corrected chi connectivity index (χ4v) is 1.35. The molecule has 0 aliphatic heterocycles. The minimum Gasteiger partial charge on any atom is -0.396 e. The lowest BCUT2D eigenvalue weighted by atomic mass is 10.0.